The summed E-state index contributed by atoms with van der Waals surface area (Å²) in [5.74, 6) is 2.74. The minimum absolute atomic E-state index is 0.0694. The number of pyridine rings is 1. The molecule has 0 spiro atoms. The number of benzene rings is 1. The Bertz CT molecular complexity index is 1030. The zero-order chi connectivity index (χ0) is 22.4. The standard InChI is InChI=1S/C28H35N3O2/c32-26-25(27(33)30-28-15-19-12-20(16-28)14-21(13-19)17-28)7-6-24(29-26)18-31-10-8-23(9-11-31)22-4-2-1-3-5-22/h1-7,19-21,23H,8-18H2,(H,29,32)(H,30,33). The quantitative estimate of drug-likeness (QED) is 0.715. The lowest BCUT2D eigenvalue weighted by Crippen LogP contribution is -2.60. The van der Waals surface area contributed by atoms with E-state index in [1.165, 1.54) is 24.8 Å². The van der Waals surface area contributed by atoms with Gasteiger partial charge in [0.1, 0.15) is 5.56 Å². The summed E-state index contributed by atoms with van der Waals surface area (Å²) >= 11 is 0. The van der Waals surface area contributed by atoms with E-state index in [1.807, 2.05) is 6.07 Å². The maximum absolute atomic E-state index is 13.1. The fraction of sp³-hybridized carbons (Fsp3) is 0.571. The van der Waals surface area contributed by atoms with Crippen LogP contribution in [-0.2, 0) is 6.54 Å². The van der Waals surface area contributed by atoms with Crippen LogP contribution in [0, 0.1) is 17.8 Å². The van der Waals surface area contributed by atoms with E-state index in [-0.39, 0.29) is 22.6 Å². The first-order valence-electron chi connectivity index (χ1n) is 12.9. The Labute approximate surface area is 196 Å². The summed E-state index contributed by atoms with van der Waals surface area (Å²) in [6.45, 7) is 2.78. The lowest BCUT2D eigenvalue weighted by molar-refractivity contribution is -0.0167. The van der Waals surface area contributed by atoms with Gasteiger partial charge in [0, 0.05) is 17.8 Å². The summed E-state index contributed by atoms with van der Waals surface area (Å²) in [6.07, 6.45) is 9.59. The highest BCUT2D eigenvalue weighted by atomic mass is 16.2. The summed E-state index contributed by atoms with van der Waals surface area (Å²) in [7, 11) is 0. The number of hydrogen-bond acceptors (Lipinski definition) is 3. The molecule has 1 aromatic carbocycles. The fourth-order valence-corrected chi connectivity index (χ4v) is 7.75. The van der Waals surface area contributed by atoms with Gasteiger partial charge in [-0.1, -0.05) is 30.3 Å². The lowest BCUT2D eigenvalue weighted by Gasteiger charge is -2.56. The fourth-order valence-electron chi connectivity index (χ4n) is 7.75. The maximum atomic E-state index is 13.1. The second kappa shape index (κ2) is 8.43. The van der Waals surface area contributed by atoms with Crippen LogP contribution in [0.25, 0.3) is 0 Å². The van der Waals surface area contributed by atoms with Gasteiger partial charge in [-0.15, -0.1) is 0 Å². The molecule has 1 aromatic heterocycles. The van der Waals surface area contributed by atoms with Gasteiger partial charge < -0.3 is 10.3 Å². The number of nitrogens with zero attached hydrogens (tertiary/aromatic N) is 1. The molecule has 1 aliphatic heterocycles. The first-order chi connectivity index (χ1) is 16.1. The first-order valence-corrected chi connectivity index (χ1v) is 12.9. The van der Waals surface area contributed by atoms with E-state index in [0.29, 0.717) is 5.92 Å². The third-order valence-electron chi connectivity index (χ3n) is 8.88. The van der Waals surface area contributed by atoms with Crippen LogP contribution in [0.1, 0.15) is 78.9 Å². The summed E-state index contributed by atoms with van der Waals surface area (Å²) in [5.41, 5.74) is 2.26. The third kappa shape index (κ3) is 4.28. The molecule has 5 nitrogen and oxygen atoms in total. The van der Waals surface area contributed by atoms with Crippen molar-refractivity contribution in [2.45, 2.75) is 69.4 Å². The number of nitrogens with one attached hydrogen (secondary N) is 2. The zero-order valence-corrected chi connectivity index (χ0v) is 19.4. The normalized spacial score (nSPS) is 31.6. The SMILES string of the molecule is O=C(NC12CC3CC(CC(C3)C1)C2)c1ccc(CN2CCC(c3ccccc3)CC2)[nH]c1=O. The van der Waals surface area contributed by atoms with E-state index >= 15 is 0 Å². The molecular formula is C28H35N3O2. The predicted octanol–water partition coefficient (Wildman–Crippen LogP) is 4.45. The highest BCUT2D eigenvalue weighted by Crippen LogP contribution is 2.55. The number of likely N-dealkylation sites (tertiary alicyclic amines) is 1. The average Bonchev–Trinajstić information content (AvgIpc) is 2.79. The van der Waals surface area contributed by atoms with E-state index < -0.39 is 0 Å². The van der Waals surface area contributed by atoms with Crippen molar-refractivity contribution < 1.29 is 4.79 Å². The van der Waals surface area contributed by atoms with Crippen molar-refractivity contribution in [2.75, 3.05) is 13.1 Å². The van der Waals surface area contributed by atoms with Gasteiger partial charge in [-0.3, -0.25) is 14.5 Å². The molecule has 1 amide bonds. The van der Waals surface area contributed by atoms with Gasteiger partial charge >= 0.3 is 0 Å². The van der Waals surface area contributed by atoms with Crippen molar-refractivity contribution in [3.05, 3.63) is 69.6 Å². The maximum Gasteiger partial charge on any atom is 0.261 e. The highest BCUT2D eigenvalue weighted by molar-refractivity contribution is 5.94. The van der Waals surface area contributed by atoms with Crippen LogP contribution in [0.4, 0.5) is 0 Å². The molecule has 2 heterocycles. The number of piperidine rings is 1. The van der Waals surface area contributed by atoms with Crippen LogP contribution in [0.5, 0.6) is 0 Å². The van der Waals surface area contributed by atoms with Gasteiger partial charge in [0.15, 0.2) is 0 Å². The molecule has 0 atom stereocenters. The second-order valence-corrected chi connectivity index (χ2v) is 11.3. The summed E-state index contributed by atoms with van der Waals surface area (Å²) in [5, 5.41) is 3.33. The van der Waals surface area contributed by atoms with Crippen LogP contribution in [0.3, 0.4) is 0 Å². The summed E-state index contributed by atoms with van der Waals surface area (Å²) in [4.78, 5) is 31.3. The van der Waals surface area contributed by atoms with Crippen molar-refractivity contribution in [1.82, 2.24) is 15.2 Å². The van der Waals surface area contributed by atoms with E-state index in [0.717, 1.165) is 75.2 Å². The van der Waals surface area contributed by atoms with Crippen molar-refractivity contribution in [1.29, 1.82) is 0 Å². The van der Waals surface area contributed by atoms with Crippen molar-refractivity contribution >= 4 is 5.91 Å². The lowest BCUT2D eigenvalue weighted by atomic mass is 9.53. The number of hydrogen-bond donors (Lipinski definition) is 2. The molecule has 2 N–H and O–H groups in total. The molecule has 5 heteroatoms. The molecular weight excluding hydrogens is 410 g/mol. The number of amides is 1. The van der Waals surface area contributed by atoms with Gasteiger partial charge in [0.2, 0.25) is 0 Å². The highest BCUT2D eigenvalue weighted by Gasteiger charge is 2.51. The smallest absolute Gasteiger partial charge is 0.261 e. The molecule has 33 heavy (non-hydrogen) atoms. The topological polar surface area (TPSA) is 65.2 Å². The van der Waals surface area contributed by atoms with Crippen molar-refractivity contribution in [2.24, 2.45) is 17.8 Å². The van der Waals surface area contributed by atoms with Crippen LogP contribution >= 0.6 is 0 Å². The molecule has 5 fully saturated rings. The molecule has 5 aliphatic rings. The number of rotatable bonds is 5. The van der Waals surface area contributed by atoms with Crippen LogP contribution < -0.4 is 10.9 Å². The van der Waals surface area contributed by atoms with Crippen LogP contribution in [-0.4, -0.2) is 34.4 Å². The minimum Gasteiger partial charge on any atom is -0.346 e. The Kier molecular flexibility index (Phi) is 5.40. The van der Waals surface area contributed by atoms with Gasteiger partial charge in [0.05, 0.1) is 0 Å². The molecule has 2 aromatic rings. The van der Waals surface area contributed by atoms with E-state index in [1.54, 1.807) is 6.07 Å². The molecule has 4 bridgehead atoms. The zero-order valence-electron chi connectivity index (χ0n) is 19.4. The van der Waals surface area contributed by atoms with E-state index in [4.69, 9.17) is 0 Å². The molecule has 7 rings (SSSR count). The van der Waals surface area contributed by atoms with Crippen LogP contribution in [0.2, 0.25) is 0 Å². The summed E-state index contributed by atoms with van der Waals surface area (Å²) < 4.78 is 0. The number of H-pyrrole nitrogens is 1. The second-order valence-electron chi connectivity index (χ2n) is 11.3. The number of carbonyl (C=O) groups excluding carboxylic acids is 1. The van der Waals surface area contributed by atoms with Crippen LogP contribution in [0.15, 0.2) is 47.3 Å². The molecule has 1 saturated heterocycles. The molecule has 4 saturated carbocycles. The first kappa shape index (κ1) is 21.2. The monoisotopic (exact) mass is 445 g/mol. The largest absolute Gasteiger partial charge is 0.346 e. The minimum atomic E-state index is -0.256. The van der Waals surface area contributed by atoms with Crippen molar-refractivity contribution in [3.8, 4) is 0 Å². The summed E-state index contributed by atoms with van der Waals surface area (Å²) in [6, 6.07) is 14.4. The average molecular weight is 446 g/mol. The Morgan fingerprint density at radius 3 is 2.18 bits per heavy atom. The predicted molar refractivity (Wildman–Crippen MR) is 129 cm³/mol. The molecule has 0 unspecified atom stereocenters. The Morgan fingerprint density at radius 1 is 0.939 bits per heavy atom. The van der Waals surface area contributed by atoms with Gasteiger partial charge in [-0.05, 0) is 106 Å². The molecule has 0 radical (unpaired) electrons. The number of aromatic amines is 1. The van der Waals surface area contributed by atoms with Gasteiger partial charge in [0.25, 0.3) is 11.5 Å². The van der Waals surface area contributed by atoms with Gasteiger partial charge in [-0.2, -0.15) is 0 Å². The van der Waals surface area contributed by atoms with E-state index in [2.05, 4.69) is 45.5 Å². The van der Waals surface area contributed by atoms with Crippen molar-refractivity contribution in [3.63, 3.8) is 0 Å². The Balaban J connectivity index is 1.07. The van der Waals surface area contributed by atoms with Gasteiger partial charge in [-0.25, -0.2) is 0 Å². The van der Waals surface area contributed by atoms with E-state index in [9.17, 15) is 9.59 Å². The third-order valence-corrected chi connectivity index (χ3v) is 8.88. The number of carbonyl (C=O) groups is 1. The Hall–Kier alpha value is -2.40. The number of aromatic nitrogens is 1. The molecule has 4 aliphatic carbocycles. The Morgan fingerprint density at radius 2 is 1.58 bits per heavy atom. The molecule has 174 valence electrons.